The van der Waals surface area contributed by atoms with Crippen LogP contribution < -0.4 is 0 Å². The Bertz CT molecular complexity index is 332. The molecule has 1 aromatic carbocycles. The molecule has 0 saturated heterocycles. The number of rotatable bonds is 3. The molecule has 0 saturated carbocycles. The fourth-order valence-corrected chi connectivity index (χ4v) is 0.897. The Morgan fingerprint density at radius 3 is 2.64 bits per heavy atom. The lowest BCUT2D eigenvalue weighted by molar-refractivity contribution is 0.0666. The minimum Gasteiger partial charge on any atom is -0.507 e. The van der Waals surface area contributed by atoms with E-state index in [0.29, 0.717) is 12.0 Å². The van der Waals surface area contributed by atoms with Gasteiger partial charge in [0.05, 0.1) is 0 Å². The van der Waals surface area contributed by atoms with E-state index in [0.717, 1.165) is 0 Å². The molecule has 0 radical (unpaired) electrons. The maximum atomic E-state index is 9.60. The van der Waals surface area contributed by atoms with Crippen molar-refractivity contribution in [2.24, 2.45) is 4.99 Å². The standard InChI is InChI=1S/C11H15NO2/c1-3-11(2,14)12-8-9-6-4-5-7-10(9)13/h4-8,13-14H,3H2,1-2H3/b12-8+. The summed E-state index contributed by atoms with van der Waals surface area (Å²) in [7, 11) is 0. The Morgan fingerprint density at radius 2 is 2.07 bits per heavy atom. The summed E-state index contributed by atoms with van der Waals surface area (Å²) in [4.78, 5) is 3.98. The normalized spacial score (nSPS) is 15.6. The van der Waals surface area contributed by atoms with Crippen molar-refractivity contribution in [1.82, 2.24) is 0 Å². The van der Waals surface area contributed by atoms with E-state index in [9.17, 15) is 10.2 Å². The van der Waals surface area contributed by atoms with Crippen LogP contribution in [-0.2, 0) is 0 Å². The summed E-state index contributed by atoms with van der Waals surface area (Å²) >= 11 is 0. The van der Waals surface area contributed by atoms with Gasteiger partial charge in [-0.15, -0.1) is 0 Å². The number of aliphatic imine (C=N–C) groups is 1. The first-order valence-electron chi connectivity index (χ1n) is 4.61. The zero-order chi connectivity index (χ0) is 10.6. The van der Waals surface area contributed by atoms with Crippen molar-refractivity contribution in [3.63, 3.8) is 0 Å². The summed E-state index contributed by atoms with van der Waals surface area (Å²) in [6, 6.07) is 6.87. The predicted octanol–water partition coefficient (Wildman–Crippen LogP) is 1.93. The molecule has 76 valence electrons. The zero-order valence-corrected chi connectivity index (χ0v) is 8.44. The molecule has 1 aromatic rings. The lowest BCUT2D eigenvalue weighted by Crippen LogP contribution is -2.19. The summed E-state index contributed by atoms with van der Waals surface area (Å²) in [6.07, 6.45) is 2.02. The van der Waals surface area contributed by atoms with Crippen LogP contribution in [-0.4, -0.2) is 22.2 Å². The Morgan fingerprint density at radius 1 is 1.43 bits per heavy atom. The molecule has 0 fully saturated rings. The molecule has 0 aliphatic rings. The van der Waals surface area contributed by atoms with E-state index in [1.807, 2.05) is 13.0 Å². The smallest absolute Gasteiger partial charge is 0.152 e. The average molecular weight is 193 g/mol. The van der Waals surface area contributed by atoms with Crippen LogP contribution in [0.15, 0.2) is 29.3 Å². The molecule has 0 spiro atoms. The molecule has 2 N–H and O–H groups in total. The van der Waals surface area contributed by atoms with Crippen molar-refractivity contribution in [2.75, 3.05) is 0 Å². The number of aliphatic hydroxyl groups is 1. The minimum atomic E-state index is -1.05. The number of benzene rings is 1. The van der Waals surface area contributed by atoms with Crippen molar-refractivity contribution >= 4 is 6.21 Å². The first kappa shape index (κ1) is 10.7. The Balaban J connectivity index is 2.84. The van der Waals surface area contributed by atoms with Crippen LogP contribution in [0.2, 0.25) is 0 Å². The van der Waals surface area contributed by atoms with Gasteiger partial charge in [0.1, 0.15) is 5.75 Å². The largest absolute Gasteiger partial charge is 0.507 e. The van der Waals surface area contributed by atoms with Gasteiger partial charge in [-0.2, -0.15) is 0 Å². The van der Waals surface area contributed by atoms with Crippen molar-refractivity contribution < 1.29 is 10.2 Å². The molecule has 1 rings (SSSR count). The minimum absolute atomic E-state index is 0.170. The van der Waals surface area contributed by atoms with E-state index in [1.165, 1.54) is 6.21 Å². The SMILES string of the molecule is CCC(C)(O)/N=C/c1ccccc1O. The number of phenols is 1. The van der Waals surface area contributed by atoms with E-state index >= 15 is 0 Å². The fourth-order valence-electron chi connectivity index (χ4n) is 0.897. The molecule has 14 heavy (non-hydrogen) atoms. The molecule has 3 nitrogen and oxygen atoms in total. The highest BCUT2D eigenvalue weighted by atomic mass is 16.3. The third-order valence-electron chi connectivity index (χ3n) is 2.09. The van der Waals surface area contributed by atoms with Gasteiger partial charge >= 0.3 is 0 Å². The number of aromatic hydroxyl groups is 1. The summed E-state index contributed by atoms with van der Waals surface area (Å²) in [5.41, 5.74) is -0.441. The van der Waals surface area contributed by atoms with Crippen LogP contribution in [0.4, 0.5) is 0 Å². The van der Waals surface area contributed by atoms with E-state index in [1.54, 1.807) is 25.1 Å². The molecule has 3 heteroatoms. The summed E-state index contributed by atoms with van der Waals surface area (Å²) in [6.45, 7) is 3.48. The second-order valence-electron chi connectivity index (χ2n) is 3.39. The fraction of sp³-hybridized carbons (Fsp3) is 0.364. The molecular formula is C11H15NO2. The number of para-hydroxylation sites is 1. The van der Waals surface area contributed by atoms with E-state index in [-0.39, 0.29) is 5.75 Å². The lowest BCUT2D eigenvalue weighted by Gasteiger charge is -2.14. The third kappa shape index (κ3) is 2.85. The van der Waals surface area contributed by atoms with Gasteiger partial charge in [0, 0.05) is 11.8 Å². The molecule has 1 atom stereocenters. The number of nitrogens with zero attached hydrogens (tertiary/aromatic N) is 1. The quantitative estimate of drug-likeness (QED) is 0.721. The summed E-state index contributed by atoms with van der Waals surface area (Å²) in [5, 5.41) is 19.0. The van der Waals surface area contributed by atoms with Gasteiger partial charge in [-0.25, -0.2) is 0 Å². The predicted molar refractivity (Wildman–Crippen MR) is 56.6 cm³/mol. The first-order valence-corrected chi connectivity index (χ1v) is 4.61. The van der Waals surface area contributed by atoms with Gasteiger partial charge < -0.3 is 10.2 Å². The maximum absolute atomic E-state index is 9.60. The van der Waals surface area contributed by atoms with Crippen LogP contribution in [0.1, 0.15) is 25.8 Å². The molecule has 0 bridgehead atoms. The highest BCUT2D eigenvalue weighted by Crippen LogP contribution is 2.15. The lowest BCUT2D eigenvalue weighted by atomic mass is 10.2. The summed E-state index contributed by atoms with van der Waals surface area (Å²) in [5.74, 6) is 0.170. The van der Waals surface area contributed by atoms with E-state index in [4.69, 9.17) is 0 Å². The number of phenolic OH excluding ortho intramolecular Hbond substituents is 1. The Labute approximate surface area is 83.7 Å². The Kier molecular flexibility index (Phi) is 3.25. The van der Waals surface area contributed by atoms with Crippen molar-refractivity contribution in [1.29, 1.82) is 0 Å². The third-order valence-corrected chi connectivity index (χ3v) is 2.09. The Hall–Kier alpha value is -1.35. The topological polar surface area (TPSA) is 52.8 Å². The van der Waals surface area contributed by atoms with Gasteiger partial charge in [-0.3, -0.25) is 4.99 Å². The van der Waals surface area contributed by atoms with Crippen LogP contribution in [0.25, 0.3) is 0 Å². The average Bonchev–Trinajstić information content (AvgIpc) is 2.17. The maximum Gasteiger partial charge on any atom is 0.152 e. The number of hydrogen-bond acceptors (Lipinski definition) is 3. The molecule has 0 heterocycles. The second-order valence-corrected chi connectivity index (χ2v) is 3.39. The zero-order valence-electron chi connectivity index (χ0n) is 8.44. The van der Waals surface area contributed by atoms with Gasteiger partial charge in [0.15, 0.2) is 5.72 Å². The van der Waals surface area contributed by atoms with Crippen LogP contribution in [0, 0.1) is 0 Å². The van der Waals surface area contributed by atoms with E-state index < -0.39 is 5.72 Å². The van der Waals surface area contributed by atoms with Crippen LogP contribution in [0.3, 0.4) is 0 Å². The molecule has 0 aliphatic heterocycles. The highest BCUT2D eigenvalue weighted by Gasteiger charge is 2.13. The van der Waals surface area contributed by atoms with Crippen LogP contribution in [0.5, 0.6) is 5.75 Å². The van der Waals surface area contributed by atoms with Gasteiger partial charge in [-0.05, 0) is 25.5 Å². The second kappa shape index (κ2) is 4.24. The summed E-state index contributed by atoms with van der Waals surface area (Å²) < 4.78 is 0. The monoisotopic (exact) mass is 193 g/mol. The van der Waals surface area contributed by atoms with Crippen molar-refractivity contribution in [2.45, 2.75) is 26.0 Å². The van der Waals surface area contributed by atoms with Crippen molar-refractivity contribution in [3.05, 3.63) is 29.8 Å². The molecule has 0 aliphatic carbocycles. The van der Waals surface area contributed by atoms with Gasteiger partial charge in [-0.1, -0.05) is 19.1 Å². The van der Waals surface area contributed by atoms with Crippen molar-refractivity contribution in [3.8, 4) is 5.75 Å². The first-order chi connectivity index (χ1) is 6.55. The van der Waals surface area contributed by atoms with Gasteiger partial charge in [0.25, 0.3) is 0 Å². The van der Waals surface area contributed by atoms with Crippen LogP contribution >= 0.6 is 0 Å². The molecule has 1 unspecified atom stereocenters. The molecular weight excluding hydrogens is 178 g/mol. The molecule has 0 amide bonds. The van der Waals surface area contributed by atoms with Gasteiger partial charge in [0.2, 0.25) is 0 Å². The highest BCUT2D eigenvalue weighted by molar-refractivity contribution is 5.83. The van der Waals surface area contributed by atoms with E-state index in [2.05, 4.69) is 4.99 Å². The number of hydrogen-bond donors (Lipinski definition) is 2. The molecule has 0 aromatic heterocycles.